The van der Waals surface area contributed by atoms with E-state index in [1.165, 1.54) is 88.0 Å². The van der Waals surface area contributed by atoms with Crippen LogP contribution in [-0.2, 0) is 6.42 Å². The van der Waals surface area contributed by atoms with Crippen molar-refractivity contribution in [3.05, 3.63) is 162 Å². The number of nitrogens with zero attached hydrogens (tertiary/aromatic N) is 2. The average Bonchev–Trinajstić information content (AvgIpc) is 3.69. The van der Waals surface area contributed by atoms with Crippen LogP contribution in [0.5, 0.6) is 0 Å². The minimum Gasteiger partial charge on any atom is -0.355 e. The summed E-state index contributed by atoms with van der Waals surface area (Å²) in [5, 5.41) is 10.3. The number of rotatable bonds is 4. The number of nitrogens with one attached hydrogen (secondary N) is 1. The number of benzene rings is 7. The molecule has 1 N–H and O–H groups in total. The van der Waals surface area contributed by atoms with Crippen LogP contribution in [0.2, 0.25) is 0 Å². The molecule has 2 aliphatic rings. The molecule has 2 aromatic heterocycles. The monoisotopic (exact) mass is 650 g/mol. The molecule has 3 nitrogen and oxygen atoms in total. The number of fused-ring (bicyclic) bond motifs is 10. The van der Waals surface area contributed by atoms with E-state index in [2.05, 4.69) is 180 Å². The van der Waals surface area contributed by atoms with Crippen molar-refractivity contribution in [2.24, 2.45) is 0 Å². The number of para-hydroxylation sites is 4. The lowest BCUT2D eigenvalue weighted by atomic mass is 9.58. The van der Waals surface area contributed by atoms with E-state index in [9.17, 15) is 0 Å². The van der Waals surface area contributed by atoms with Crippen molar-refractivity contribution in [2.45, 2.75) is 19.8 Å². The Kier molecular flexibility index (Phi) is 6.09. The highest BCUT2D eigenvalue weighted by Crippen LogP contribution is 2.43. The first-order valence-electron chi connectivity index (χ1n) is 17.9. The van der Waals surface area contributed by atoms with Gasteiger partial charge in [-0.1, -0.05) is 109 Å². The molecule has 239 valence electrons. The van der Waals surface area contributed by atoms with Crippen molar-refractivity contribution in [1.82, 2.24) is 9.13 Å². The van der Waals surface area contributed by atoms with Gasteiger partial charge in [0.25, 0.3) is 0 Å². The van der Waals surface area contributed by atoms with E-state index in [-0.39, 0.29) is 0 Å². The van der Waals surface area contributed by atoms with E-state index in [4.69, 9.17) is 0 Å². The maximum Gasteiger partial charge on any atom is 0.197 e. The summed E-state index contributed by atoms with van der Waals surface area (Å²) in [4.78, 5) is 0. The van der Waals surface area contributed by atoms with Crippen LogP contribution in [0.3, 0.4) is 0 Å². The zero-order chi connectivity index (χ0) is 33.6. The molecule has 11 rings (SSSR count). The van der Waals surface area contributed by atoms with Gasteiger partial charge in [0.05, 0.1) is 11.0 Å². The van der Waals surface area contributed by atoms with Crippen LogP contribution in [0.25, 0.3) is 72.1 Å². The first kappa shape index (κ1) is 28.6. The molecule has 51 heavy (non-hydrogen) atoms. The SMILES string of the molecule is Cc1ccccc1Nc1cc2c(cc1-c1cc3ccccc3c3c1[B]c1cccc4c5c(n-3c14)C=CCC5)c1ccccc1n2-c1ccccc1. The molecule has 1 radical (unpaired) electrons. The third-order valence-corrected chi connectivity index (χ3v) is 11.1. The maximum atomic E-state index is 3.95. The Morgan fingerprint density at radius 3 is 2.29 bits per heavy atom. The van der Waals surface area contributed by atoms with Gasteiger partial charge in [-0.3, -0.25) is 0 Å². The largest absolute Gasteiger partial charge is 0.355 e. The van der Waals surface area contributed by atoms with Gasteiger partial charge in [0.1, 0.15) is 0 Å². The van der Waals surface area contributed by atoms with Gasteiger partial charge >= 0.3 is 0 Å². The zero-order valence-corrected chi connectivity index (χ0v) is 28.3. The van der Waals surface area contributed by atoms with E-state index < -0.39 is 0 Å². The lowest BCUT2D eigenvalue weighted by Gasteiger charge is -2.27. The Morgan fingerprint density at radius 1 is 0.608 bits per heavy atom. The molecule has 0 amide bonds. The first-order valence-corrected chi connectivity index (χ1v) is 17.9. The van der Waals surface area contributed by atoms with Gasteiger partial charge < -0.3 is 14.5 Å². The Balaban J connectivity index is 1.28. The van der Waals surface area contributed by atoms with Gasteiger partial charge in [-0.05, 0) is 95.8 Å². The minimum absolute atomic E-state index is 1.07. The third kappa shape index (κ3) is 4.14. The molecule has 7 aromatic carbocycles. The molecule has 0 unspecified atom stereocenters. The van der Waals surface area contributed by atoms with Gasteiger partial charge in [-0.15, -0.1) is 0 Å². The summed E-state index contributed by atoms with van der Waals surface area (Å²) in [5.41, 5.74) is 17.2. The molecule has 3 heterocycles. The van der Waals surface area contributed by atoms with E-state index in [1.807, 2.05) is 0 Å². The van der Waals surface area contributed by atoms with E-state index in [0.29, 0.717) is 0 Å². The normalized spacial score (nSPS) is 13.1. The lowest BCUT2D eigenvalue weighted by molar-refractivity contribution is 0.971. The molecule has 0 fully saturated rings. The molecule has 0 bridgehead atoms. The quantitative estimate of drug-likeness (QED) is 0.188. The molecular formula is C47H33BN3. The molecular weight excluding hydrogens is 617 g/mol. The van der Waals surface area contributed by atoms with Crippen LogP contribution in [0.1, 0.15) is 23.2 Å². The van der Waals surface area contributed by atoms with Gasteiger partial charge in [0, 0.05) is 61.1 Å². The van der Waals surface area contributed by atoms with Crippen LogP contribution < -0.4 is 16.2 Å². The van der Waals surface area contributed by atoms with Gasteiger partial charge in [0.15, 0.2) is 7.28 Å². The molecule has 1 aliphatic heterocycles. The highest BCUT2D eigenvalue weighted by molar-refractivity contribution is 6.73. The van der Waals surface area contributed by atoms with E-state index in [1.54, 1.807) is 0 Å². The molecule has 0 saturated heterocycles. The molecule has 9 aromatic rings. The van der Waals surface area contributed by atoms with Gasteiger partial charge in [-0.2, -0.15) is 0 Å². The molecule has 1 aliphatic carbocycles. The second-order valence-corrected chi connectivity index (χ2v) is 14.0. The first-order chi connectivity index (χ1) is 25.2. The van der Waals surface area contributed by atoms with Crippen LogP contribution in [0, 0.1) is 6.92 Å². The van der Waals surface area contributed by atoms with Crippen LogP contribution >= 0.6 is 0 Å². The highest BCUT2D eigenvalue weighted by atomic mass is 15.0. The zero-order valence-electron chi connectivity index (χ0n) is 28.3. The highest BCUT2D eigenvalue weighted by Gasteiger charge is 2.30. The number of hydrogen-bond donors (Lipinski definition) is 1. The number of hydrogen-bond acceptors (Lipinski definition) is 1. The fourth-order valence-corrected chi connectivity index (χ4v) is 8.82. The molecule has 4 heteroatoms. The lowest BCUT2D eigenvalue weighted by Crippen LogP contribution is -2.37. The van der Waals surface area contributed by atoms with Crippen molar-refractivity contribution < 1.29 is 0 Å². The molecule has 0 atom stereocenters. The van der Waals surface area contributed by atoms with Crippen molar-refractivity contribution >= 4 is 79.1 Å². The Hall–Kier alpha value is -6.26. The Bertz CT molecular complexity index is 2930. The standard InChI is InChI=1S/C47H33BN3/c1-29-14-5-10-23-40(29)49-41-28-44-37(34-20-9-11-24-42(34)50(44)31-16-3-2-4-17-31)27-36(41)38-26-30-15-6-7-18-32(30)47-45(38)48-39-22-13-21-35-33-19-8-12-25-43(33)51(47)46(35)39/h2-7,9-18,20-28,49H,8,19H2,1H3. The average molecular weight is 651 g/mol. The predicted octanol–water partition coefficient (Wildman–Crippen LogP) is 10.5. The van der Waals surface area contributed by atoms with Crippen LogP contribution in [0.4, 0.5) is 11.4 Å². The van der Waals surface area contributed by atoms with Gasteiger partial charge in [0.2, 0.25) is 0 Å². The third-order valence-electron chi connectivity index (χ3n) is 11.1. The van der Waals surface area contributed by atoms with Crippen molar-refractivity contribution in [3.8, 4) is 22.5 Å². The second-order valence-electron chi connectivity index (χ2n) is 14.0. The topological polar surface area (TPSA) is 21.9 Å². The summed E-state index contributed by atoms with van der Waals surface area (Å²) in [7, 11) is 2.45. The van der Waals surface area contributed by atoms with E-state index >= 15 is 0 Å². The maximum absolute atomic E-state index is 3.95. The van der Waals surface area contributed by atoms with Crippen molar-refractivity contribution in [3.63, 3.8) is 0 Å². The summed E-state index contributed by atoms with van der Waals surface area (Å²) in [6.45, 7) is 2.18. The number of anilines is 2. The van der Waals surface area contributed by atoms with Gasteiger partial charge in [-0.25, -0.2) is 0 Å². The minimum atomic E-state index is 1.07. The number of allylic oxidation sites excluding steroid dienone is 1. The van der Waals surface area contributed by atoms with Crippen molar-refractivity contribution in [2.75, 3.05) is 5.32 Å². The summed E-state index contributed by atoms with van der Waals surface area (Å²) in [6, 6.07) is 51.1. The smallest absolute Gasteiger partial charge is 0.197 e. The van der Waals surface area contributed by atoms with Crippen LogP contribution in [0.15, 0.2) is 146 Å². The number of aromatic nitrogens is 2. The Labute approximate surface area is 297 Å². The fraction of sp³-hybridized carbons (Fsp3) is 0.0638. The summed E-state index contributed by atoms with van der Waals surface area (Å²) < 4.78 is 4.98. The molecule has 0 saturated carbocycles. The summed E-state index contributed by atoms with van der Waals surface area (Å²) in [5.74, 6) is 0. The second kappa shape index (κ2) is 10.9. The summed E-state index contributed by atoms with van der Waals surface area (Å²) in [6.07, 6.45) is 6.85. The van der Waals surface area contributed by atoms with Crippen LogP contribution in [-0.4, -0.2) is 16.4 Å². The Morgan fingerprint density at radius 2 is 1.39 bits per heavy atom. The number of aryl methyl sites for hydroxylation is 2. The summed E-state index contributed by atoms with van der Waals surface area (Å²) >= 11 is 0. The van der Waals surface area contributed by atoms with Crippen molar-refractivity contribution in [1.29, 1.82) is 0 Å². The van der Waals surface area contributed by atoms with E-state index in [0.717, 1.165) is 29.9 Å². The molecule has 0 spiro atoms. The fourth-order valence-electron chi connectivity index (χ4n) is 8.82. The predicted molar refractivity (Wildman–Crippen MR) is 217 cm³/mol.